The lowest BCUT2D eigenvalue weighted by molar-refractivity contribution is 0.281. The van der Waals surface area contributed by atoms with Crippen LogP contribution in [0.25, 0.3) is 16.6 Å². The molecule has 136 valence electrons. The van der Waals surface area contributed by atoms with E-state index in [0.29, 0.717) is 5.02 Å². The quantitative estimate of drug-likeness (QED) is 0.465. The van der Waals surface area contributed by atoms with Gasteiger partial charge < -0.3 is 9.67 Å². The predicted molar refractivity (Wildman–Crippen MR) is 112 cm³/mol. The second-order valence-electron chi connectivity index (χ2n) is 6.48. The maximum atomic E-state index is 9.43. The van der Waals surface area contributed by atoms with Crippen LogP contribution in [-0.4, -0.2) is 14.7 Å². The summed E-state index contributed by atoms with van der Waals surface area (Å²) < 4.78 is 2.20. The van der Waals surface area contributed by atoms with E-state index < -0.39 is 0 Å². The highest BCUT2D eigenvalue weighted by molar-refractivity contribution is 7.99. The van der Waals surface area contributed by atoms with E-state index >= 15 is 0 Å². The number of aryl methyl sites for hydroxylation is 1. The smallest absolute Gasteiger partial charge is 0.0682 e. The number of pyridine rings is 1. The lowest BCUT2D eigenvalue weighted by Gasteiger charge is -2.09. The molecule has 4 rings (SSSR count). The first-order chi connectivity index (χ1) is 13.1. The van der Waals surface area contributed by atoms with Gasteiger partial charge in [-0.2, -0.15) is 0 Å². The van der Waals surface area contributed by atoms with Gasteiger partial charge in [0.15, 0.2) is 0 Å². The van der Waals surface area contributed by atoms with E-state index in [1.54, 1.807) is 11.8 Å². The highest BCUT2D eigenvalue weighted by atomic mass is 35.5. The topological polar surface area (TPSA) is 38.0 Å². The van der Waals surface area contributed by atoms with E-state index in [0.717, 1.165) is 38.4 Å². The molecule has 0 atom stereocenters. The third kappa shape index (κ3) is 3.48. The first-order valence-corrected chi connectivity index (χ1v) is 9.87. The zero-order valence-corrected chi connectivity index (χ0v) is 16.7. The molecule has 27 heavy (non-hydrogen) atoms. The lowest BCUT2D eigenvalue weighted by atomic mass is 10.2. The van der Waals surface area contributed by atoms with Crippen molar-refractivity contribution in [3.05, 3.63) is 82.8 Å². The summed E-state index contributed by atoms with van der Waals surface area (Å²) in [6, 6.07) is 18.1. The maximum absolute atomic E-state index is 9.43. The molecule has 0 fully saturated rings. The molecule has 0 saturated carbocycles. The summed E-state index contributed by atoms with van der Waals surface area (Å²) in [4.78, 5) is 6.73. The van der Waals surface area contributed by atoms with Gasteiger partial charge in [-0.15, -0.1) is 0 Å². The molecular formula is C22H19ClN2OS. The van der Waals surface area contributed by atoms with Gasteiger partial charge in [-0.1, -0.05) is 41.6 Å². The molecule has 0 amide bonds. The first-order valence-electron chi connectivity index (χ1n) is 8.68. The Bertz CT molecular complexity index is 1120. The van der Waals surface area contributed by atoms with Gasteiger partial charge in [-0.3, -0.25) is 4.98 Å². The molecular weight excluding hydrogens is 376 g/mol. The van der Waals surface area contributed by atoms with Crippen molar-refractivity contribution in [1.82, 2.24) is 9.55 Å². The van der Waals surface area contributed by atoms with Crippen LogP contribution in [-0.2, 0) is 6.61 Å². The van der Waals surface area contributed by atoms with Crippen molar-refractivity contribution in [2.24, 2.45) is 0 Å². The number of benzene rings is 2. The number of rotatable bonds is 4. The minimum Gasteiger partial charge on any atom is -0.392 e. The van der Waals surface area contributed by atoms with Crippen LogP contribution in [0.3, 0.4) is 0 Å². The van der Waals surface area contributed by atoms with Crippen LogP contribution >= 0.6 is 23.4 Å². The Hall–Kier alpha value is -2.27. The summed E-state index contributed by atoms with van der Waals surface area (Å²) in [5.41, 5.74) is 5.11. The summed E-state index contributed by atoms with van der Waals surface area (Å²) >= 11 is 8.00. The van der Waals surface area contributed by atoms with E-state index in [4.69, 9.17) is 11.6 Å². The largest absolute Gasteiger partial charge is 0.392 e. The lowest BCUT2D eigenvalue weighted by Crippen LogP contribution is -1.97. The molecule has 0 bridgehead atoms. The van der Waals surface area contributed by atoms with Gasteiger partial charge in [-0.25, -0.2) is 0 Å². The van der Waals surface area contributed by atoms with E-state index in [2.05, 4.69) is 34.7 Å². The normalized spacial score (nSPS) is 11.3. The van der Waals surface area contributed by atoms with Gasteiger partial charge in [0, 0.05) is 31.6 Å². The van der Waals surface area contributed by atoms with Crippen molar-refractivity contribution < 1.29 is 5.11 Å². The Labute approximate surface area is 167 Å². The van der Waals surface area contributed by atoms with Gasteiger partial charge in [-0.05, 0) is 55.8 Å². The summed E-state index contributed by atoms with van der Waals surface area (Å²) in [6.45, 7) is 4.14. The fraction of sp³-hybridized carbons (Fsp3) is 0.136. The molecule has 0 unspecified atom stereocenters. The first kappa shape index (κ1) is 18.1. The Morgan fingerprint density at radius 1 is 1.07 bits per heavy atom. The molecule has 3 nitrogen and oxygen atoms in total. The van der Waals surface area contributed by atoms with E-state index in [1.165, 1.54) is 4.90 Å². The number of aromatic nitrogens is 2. The molecule has 0 aliphatic rings. The van der Waals surface area contributed by atoms with Crippen molar-refractivity contribution >= 4 is 34.3 Å². The molecule has 0 spiro atoms. The summed E-state index contributed by atoms with van der Waals surface area (Å²) in [5, 5.41) is 11.3. The average molecular weight is 395 g/mol. The van der Waals surface area contributed by atoms with E-state index in [1.807, 2.05) is 49.5 Å². The second-order valence-corrected chi connectivity index (χ2v) is 8.00. The highest BCUT2D eigenvalue weighted by Crippen LogP contribution is 2.40. The highest BCUT2D eigenvalue weighted by Gasteiger charge is 2.17. The summed E-state index contributed by atoms with van der Waals surface area (Å²) in [6.07, 6.45) is 1.89. The fourth-order valence-corrected chi connectivity index (χ4v) is 4.52. The number of aliphatic hydroxyl groups is 1. The number of hydrogen-bond acceptors (Lipinski definition) is 3. The Morgan fingerprint density at radius 3 is 2.67 bits per heavy atom. The molecule has 5 heteroatoms. The third-order valence-electron chi connectivity index (χ3n) is 4.56. The number of nitrogens with zero attached hydrogens (tertiary/aromatic N) is 2. The Morgan fingerprint density at radius 2 is 1.93 bits per heavy atom. The van der Waals surface area contributed by atoms with Crippen molar-refractivity contribution in [3.8, 4) is 5.69 Å². The van der Waals surface area contributed by atoms with Crippen LogP contribution in [0.5, 0.6) is 0 Å². The van der Waals surface area contributed by atoms with Gasteiger partial charge in [0.05, 0.1) is 24.0 Å². The second kappa shape index (κ2) is 7.39. The zero-order chi connectivity index (χ0) is 19.0. The van der Waals surface area contributed by atoms with Crippen LogP contribution < -0.4 is 0 Å². The summed E-state index contributed by atoms with van der Waals surface area (Å²) in [7, 11) is 0. The fourth-order valence-electron chi connectivity index (χ4n) is 3.24. The van der Waals surface area contributed by atoms with Crippen molar-refractivity contribution in [2.75, 3.05) is 0 Å². The SMILES string of the molecule is Cc1ccc(-n2c(C)c(Sc3cccc(CO)c3)c3ccc(Cl)cc32)cn1. The Kier molecular flexibility index (Phi) is 4.96. The van der Waals surface area contributed by atoms with Crippen LogP contribution in [0, 0.1) is 13.8 Å². The molecule has 0 radical (unpaired) electrons. The number of fused-ring (bicyclic) bond motifs is 1. The molecule has 2 aromatic carbocycles. The molecule has 2 heterocycles. The Balaban J connectivity index is 1.90. The number of hydrogen-bond donors (Lipinski definition) is 1. The van der Waals surface area contributed by atoms with Gasteiger partial charge in [0.1, 0.15) is 0 Å². The van der Waals surface area contributed by atoms with Gasteiger partial charge in [0.2, 0.25) is 0 Å². The van der Waals surface area contributed by atoms with Crippen LogP contribution in [0.4, 0.5) is 0 Å². The molecule has 2 aromatic heterocycles. The minimum atomic E-state index is 0.0415. The standard InChI is InChI=1S/C22H19ClN2OS/c1-14-6-8-18(12-24-14)25-15(2)22(20-9-7-17(23)11-21(20)25)27-19-5-3-4-16(10-19)13-26/h3-12,26H,13H2,1-2H3. The van der Waals surface area contributed by atoms with E-state index in [9.17, 15) is 5.11 Å². The van der Waals surface area contributed by atoms with E-state index in [-0.39, 0.29) is 6.61 Å². The van der Waals surface area contributed by atoms with Crippen molar-refractivity contribution in [3.63, 3.8) is 0 Å². The average Bonchev–Trinajstić information content (AvgIpc) is 2.94. The van der Waals surface area contributed by atoms with Gasteiger partial charge >= 0.3 is 0 Å². The molecule has 0 saturated heterocycles. The molecule has 0 aliphatic heterocycles. The number of aliphatic hydroxyl groups excluding tert-OH is 1. The third-order valence-corrected chi connectivity index (χ3v) is 6.01. The molecule has 4 aromatic rings. The molecule has 0 aliphatic carbocycles. The van der Waals surface area contributed by atoms with Crippen molar-refractivity contribution in [2.45, 2.75) is 30.2 Å². The van der Waals surface area contributed by atoms with Crippen LogP contribution in [0.2, 0.25) is 5.02 Å². The number of halogens is 1. The predicted octanol–water partition coefficient (Wildman–Crippen LogP) is 5.94. The van der Waals surface area contributed by atoms with Crippen LogP contribution in [0.1, 0.15) is 17.0 Å². The summed E-state index contributed by atoms with van der Waals surface area (Å²) in [5.74, 6) is 0. The minimum absolute atomic E-state index is 0.0415. The van der Waals surface area contributed by atoms with Crippen molar-refractivity contribution in [1.29, 1.82) is 0 Å². The maximum Gasteiger partial charge on any atom is 0.0682 e. The monoisotopic (exact) mass is 394 g/mol. The molecule has 1 N–H and O–H groups in total. The zero-order valence-electron chi connectivity index (χ0n) is 15.1. The van der Waals surface area contributed by atoms with Gasteiger partial charge in [0.25, 0.3) is 0 Å². The van der Waals surface area contributed by atoms with Crippen LogP contribution in [0.15, 0.2) is 70.6 Å².